The Kier molecular flexibility index (Phi) is 5.11. The Hall–Kier alpha value is -2.80. The van der Waals surface area contributed by atoms with Crippen LogP contribution in [0.3, 0.4) is 0 Å². The first kappa shape index (κ1) is 17.6. The van der Waals surface area contributed by atoms with Crippen molar-refractivity contribution in [2.24, 2.45) is 5.92 Å². The van der Waals surface area contributed by atoms with Gasteiger partial charge in [0.1, 0.15) is 5.76 Å². The summed E-state index contributed by atoms with van der Waals surface area (Å²) in [6, 6.07) is 7.19. The van der Waals surface area contributed by atoms with Crippen molar-refractivity contribution in [3.05, 3.63) is 64.5 Å². The monoisotopic (exact) mass is 365 g/mol. The number of aryl methyl sites for hydroxylation is 1. The molecular weight excluding hydrogens is 342 g/mol. The lowest BCUT2D eigenvalue weighted by Crippen LogP contribution is -2.36. The Labute approximate surface area is 157 Å². The SMILES string of the molecule is Cc1oncc1CN1CCC(Cn2nc(-c3ccncc3)ccc2=O)CC1. The number of aromatic nitrogens is 4. The van der Waals surface area contributed by atoms with Gasteiger partial charge >= 0.3 is 0 Å². The van der Waals surface area contributed by atoms with Crippen LogP contribution < -0.4 is 5.56 Å². The molecule has 0 unspecified atom stereocenters. The van der Waals surface area contributed by atoms with Gasteiger partial charge in [-0.15, -0.1) is 0 Å². The Morgan fingerprint density at radius 2 is 1.93 bits per heavy atom. The Bertz CT molecular complexity index is 942. The van der Waals surface area contributed by atoms with Crippen molar-refractivity contribution in [2.75, 3.05) is 13.1 Å². The summed E-state index contributed by atoms with van der Waals surface area (Å²) in [6.07, 6.45) is 7.38. The van der Waals surface area contributed by atoms with Gasteiger partial charge in [0.2, 0.25) is 0 Å². The molecule has 0 aromatic carbocycles. The van der Waals surface area contributed by atoms with Crippen molar-refractivity contribution in [3.8, 4) is 11.3 Å². The lowest BCUT2D eigenvalue weighted by molar-refractivity contribution is 0.163. The maximum absolute atomic E-state index is 12.3. The van der Waals surface area contributed by atoms with Crippen LogP contribution in [0.25, 0.3) is 11.3 Å². The van der Waals surface area contributed by atoms with Crippen LogP contribution in [0.1, 0.15) is 24.2 Å². The fourth-order valence-electron chi connectivity index (χ4n) is 3.54. The molecule has 0 amide bonds. The Morgan fingerprint density at radius 1 is 1.15 bits per heavy atom. The highest BCUT2D eigenvalue weighted by molar-refractivity contribution is 5.56. The van der Waals surface area contributed by atoms with Crippen molar-refractivity contribution in [3.63, 3.8) is 0 Å². The fourth-order valence-corrected chi connectivity index (χ4v) is 3.54. The summed E-state index contributed by atoms with van der Waals surface area (Å²) >= 11 is 0. The summed E-state index contributed by atoms with van der Waals surface area (Å²) in [6.45, 7) is 5.50. The van der Waals surface area contributed by atoms with Crippen molar-refractivity contribution in [1.82, 2.24) is 24.8 Å². The average molecular weight is 365 g/mol. The third-order valence-electron chi connectivity index (χ3n) is 5.23. The lowest BCUT2D eigenvalue weighted by Gasteiger charge is -2.31. The van der Waals surface area contributed by atoms with Crippen LogP contribution in [0.5, 0.6) is 0 Å². The van der Waals surface area contributed by atoms with E-state index in [1.54, 1.807) is 35.4 Å². The van der Waals surface area contributed by atoms with E-state index in [0.717, 1.165) is 55.1 Å². The number of likely N-dealkylation sites (tertiary alicyclic amines) is 1. The summed E-state index contributed by atoms with van der Waals surface area (Å²) in [4.78, 5) is 18.7. The number of rotatable bonds is 5. The molecule has 0 saturated carbocycles. The van der Waals surface area contributed by atoms with E-state index in [1.807, 2.05) is 19.1 Å². The number of pyridine rings is 1. The van der Waals surface area contributed by atoms with Crippen LogP contribution in [-0.2, 0) is 13.1 Å². The smallest absolute Gasteiger partial charge is 0.266 e. The molecule has 27 heavy (non-hydrogen) atoms. The van der Waals surface area contributed by atoms with Gasteiger partial charge in [0.25, 0.3) is 5.56 Å². The summed E-state index contributed by atoms with van der Waals surface area (Å²) in [5.41, 5.74) is 2.88. The highest BCUT2D eigenvalue weighted by Crippen LogP contribution is 2.21. The molecule has 1 saturated heterocycles. The van der Waals surface area contributed by atoms with Crippen molar-refractivity contribution < 1.29 is 4.52 Å². The molecule has 0 spiro atoms. The van der Waals surface area contributed by atoms with Gasteiger partial charge in [0.05, 0.1) is 11.9 Å². The first-order chi connectivity index (χ1) is 13.2. The normalized spacial score (nSPS) is 15.9. The van der Waals surface area contributed by atoms with Crippen LogP contribution in [0.2, 0.25) is 0 Å². The van der Waals surface area contributed by atoms with Crippen LogP contribution in [0, 0.1) is 12.8 Å². The maximum Gasteiger partial charge on any atom is 0.266 e. The molecule has 3 aromatic rings. The van der Waals surface area contributed by atoms with Gasteiger partial charge in [-0.2, -0.15) is 5.10 Å². The summed E-state index contributed by atoms with van der Waals surface area (Å²) in [5.74, 6) is 1.35. The zero-order chi connectivity index (χ0) is 18.6. The molecule has 1 fully saturated rings. The second kappa shape index (κ2) is 7.84. The Morgan fingerprint density at radius 3 is 2.63 bits per heavy atom. The van der Waals surface area contributed by atoms with Gasteiger partial charge in [0.15, 0.2) is 0 Å². The number of nitrogens with zero attached hydrogens (tertiary/aromatic N) is 5. The van der Waals surface area contributed by atoms with E-state index in [9.17, 15) is 4.79 Å². The maximum atomic E-state index is 12.3. The predicted molar refractivity (Wildman–Crippen MR) is 101 cm³/mol. The zero-order valence-electron chi connectivity index (χ0n) is 15.4. The number of hydrogen-bond acceptors (Lipinski definition) is 6. The van der Waals surface area contributed by atoms with Gasteiger partial charge in [-0.05, 0) is 57.0 Å². The van der Waals surface area contributed by atoms with E-state index >= 15 is 0 Å². The number of hydrogen-bond donors (Lipinski definition) is 0. The van der Waals surface area contributed by atoms with Crippen molar-refractivity contribution in [2.45, 2.75) is 32.9 Å². The second-order valence-corrected chi connectivity index (χ2v) is 7.10. The molecule has 1 aliphatic heterocycles. The summed E-state index contributed by atoms with van der Waals surface area (Å²) < 4.78 is 6.75. The van der Waals surface area contributed by atoms with E-state index in [1.165, 1.54) is 0 Å². The van der Waals surface area contributed by atoms with Crippen molar-refractivity contribution >= 4 is 0 Å². The quantitative estimate of drug-likeness (QED) is 0.691. The van der Waals surface area contributed by atoms with E-state index in [4.69, 9.17) is 4.52 Å². The second-order valence-electron chi connectivity index (χ2n) is 7.10. The molecule has 7 nitrogen and oxygen atoms in total. The van der Waals surface area contributed by atoms with Gasteiger partial charge in [-0.3, -0.25) is 14.7 Å². The zero-order valence-corrected chi connectivity index (χ0v) is 15.4. The molecule has 0 bridgehead atoms. The average Bonchev–Trinajstić information content (AvgIpc) is 3.10. The molecule has 140 valence electrons. The molecule has 7 heteroatoms. The van der Waals surface area contributed by atoms with Crippen LogP contribution in [0.4, 0.5) is 0 Å². The van der Waals surface area contributed by atoms with Crippen LogP contribution >= 0.6 is 0 Å². The number of piperidine rings is 1. The fraction of sp³-hybridized carbons (Fsp3) is 0.400. The van der Waals surface area contributed by atoms with Crippen LogP contribution in [0.15, 0.2) is 52.2 Å². The molecule has 0 atom stereocenters. The van der Waals surface area contributed by atoms with E-state index in [-0.39, 0.29) is 5.56 Å². The molecule has 4 heterocycles. The topological polar surface area (TPSA) is 77.1 Å². The summed E-state index contributed by atoms with van der Waals surface area (Å²) in [7, 11) is 0. The van der Waals surface area contributed by atoms with E-state index < -0.39 is 0 Å². The van der Waals surface area contributed by atoms with Gasteiger partial charge in [-0.1, -0.05) is 5.16 Å². The molecule has 1 aliphatic rings. The third kappa shape index (κ3) is 4.14. The van der Waals surface area contributed by atoms with Crippen LogP contribution in [-0.4, -0.2) is 37.9 Å². The minimum absolute atomic E-state index is 0.0460. The van der Waals surface area contributed by atoms with Crippen molar-refractivity contribution in [1.29, 1.82) is 0 Å². The molecule has 0 N–H and O–H groups in total. The lowest BCUT2D eigenvalue weighted by atomic mass is 9.96. The highest BCUT2D eigenvalue weighted by atomic mass is 16.5. The minimum atomic E-state index is -0.0460. The minimum Gasteiger partial charge on any atom is -0.361 e. The molecular formula is C20H23N5O2. The largest absolute Gasteiger partial charge is 0.361 e. The molecule has 0 radical (unpaired) electrons. The molecule has 4 rings (SSSR count). The first-order valence-corrected chi connectivity index (χ1v) is 9.30. The molecule has 0 aliphatic carbocycles. The van der Waals surface area contributed by atoms with E-state index in [2.05, 4.69) is 20.1 Å². The molecule has 3 aromatic heterocycles. The first-order valence-electron chi connectivity index (χ1n) is 9.30. The van der Waals surface area contributed by atoms with E-state index in [0.29, 0.717) is 12.5 Å². The van der Waals surface area contributed by atoms with Gasteiger partial charge in [0, 0.05) is 42.7 Å². The predicted octanol–water partition coefficient (Wildman–Crippen LogP) is 2.51. The Balaban J connectivity index is 1.39. The summed E-state index contributed by atoms with van der Waals surface area (Å²) in [5, 5.41) is 8.42. The third-order valence-corrected chi connectivity index (χ3v) is 5.23. The standard InChI is InChI=1S/C20H23N5O2/c1-15-18(12-22-27-15)14-24-10-6-16(7-11-24)13-25-20(26)3-2-19(23-25)17-4-8-21-9-5-17/h2-5,8-9,12,16H,6-7,10-11,13-14H2,1H3. The van der Waals surface area contributed by atoms with Gasteiger partial charge in [-0.25, -0.2) is 4.68 Å². The van der Waals surface area contributed by atoms with Gasteiger partial charge < -0.3 is 4.52 Å². The highest BCUT2D eigenvalue weighted by Gasteiger charge is 2.21.